The predicted octanol–water partition coefficient (Wildman–Crippen LogP) is 4.47. The first-order valence-corrected chi connectivity index (χ1v) is 10.6. The van der Waals surface area contributed by atoms with E-state index in [1.165, 1.54) is 11.8 Å². The summed E-state index contributed by atoms with van der Waals surface area (Å²) in [7, 11) is 3.51. The molecule has 158 valence electrons. The van der Waals surface area contributed by atoms with Gasteiger partial charge in [0.2, 0.25) is 5.91 Å². The molecule has 0 radical (unpaired) electrons. The number of thioether (sulfide) groups is 1. The lowest BCUT2D eigenvalue weighted by molar-refractivity contribution is -0.115. The van der Waals surface area contributed by atoms with E-state index < -0.39 is 0 Å². The summed E-state index contributed by atoms with van der Waals surface area (Å²) in [5, 5.41) is 11.9. The minimum atomic E-state index is -0.302. The second-order valence-corrected chi connectivity index (χ2v) is 7.88. The SMILES string of the molecule is CCC(Sc1nnc(C(C)Oc2ccc(OC)cc2)n1C)C(=O)Nc1ccccc1. The van der Waals surface area contributed by atoms with E-state index in [1.807, 2.05) is 80.1 Å². The normalized spacial score (nSPS) is 12.8. The van der Waals surface area contributed by atoms with E-state index in [2.05, 4.69) is 15.5 Å². The van der Waals surface area contributed by atoms with Crippen LogP contribution in [0.4, 0.5) is 5.69 Å². The fourth-order valence-corrected chi connectivity index (χ4v) is 3.81. The molecule has 0 saturated heterocycles. The van der Waals surface area contributed by atoms with Crippen LogP contribution in [0, 0.1) is 0 Å². The van der Waals surface area contributed by atoms with E-state index in [0.29, 0.717) is 23.2 Å². The summed E-state index contributed by atoms with van der Waals surface area (Å²) in [6.45, 7) is 3.90. The molecule has 3 rings (SSSR count). The van der Waals surface area contributed by atoms with Gasteiger partial charge in [0.05, 0.1) is 12.4 Å². The summed E-state index contributed by atoms with van der Waals surface area (Å²) < 4.78 is 13.0. The van der Waals surface area contributed by atoms with Crippen LogP contribution in [-0.2, 0) is 11.8 Å². The maximum atomic E-state index is 12.7. The molecule has 0 saturated carbocycles. The molecule has 0 fully saturated rings. The van der Waals surface area contributed by atoms with Gasteiger partial charge < -0.3 is 19.4 Å². The van der Waals surface area contributed by atoms with Gasteiger partial charge in [-0.1, -0.05) is 36.9 Å². The standard InChI is InChI=1S/C22H26N4O3S/c1-5-19(21(27)23-16-9-7-6-8-10-16)30-22-25-24-20(26(22)3)15(2)29-18-13-11-17(28-4)12-14-18/h6-15,19H,5H2,1-4H3,(H,23,27). The molecule has 0 aliphatic heterocycles. The van der Waals surface area contributed by atoms with Crippen LogP contribution < -0.4 is 14.8 Å². The van der Waals surface area contributed by atoms with Crippen LogP contribution in [-0.4, -0.2) is 33.0 Å². The van der Waals surface area contributed by atoms with Gasteiger partial charge in [-0.15, -0.1) is 10.2 Å². The highest BCUT2D eigenvalue weighted by Crippen LogP contribution is 2.28. The molecular weight excluding hydrogens is 400 g/mol. The molecule has 30 heavy (non-hydrogen) atoms. The molecular formula is C22H26N4O3S. The Kier molecular flexibility index (Phi) is 7.35. The lowest BCUT2D eigenvalue weighted by Gasteiger charge is -2.16. The maximum absolute atomic E-state index is 12.7. The molecule has 1 N–H and O–H groups in total. The fourth-order valence-electron chi connectivity index (χ4n) is 2.89. The van der Waals surface area contributed by atoms with E-state index in [9.17, 15) is 4.79 Å². The average Bonchev–Trinajstić information content (AvgIpc) is 3.13. The number of carbonyl (C=O) groups is 1. The van der Waals surface area contributed by atoms with Gasteiger partial charge in [0, 0.05) is 12.7 Å². The summed E-state index contributed by atoms with van der Waals surface area (Å²) in [6, 6.07) is 16.8. The maximum Gasteiger partial charge on any atom is 0.237 e. The average molecular weight is 427 g/mol. The summed E-state index contributed by atoms with van der Waals surface area (Å²) >= 11 is 1.40. The molecule has 1 heterocycles. The van der Waals surface area contributed by atoms with Crippen molar-refractivity contribution in [1.82, 2.24) is 14.8 Å². The Bertz CT molecular complexity index is 960. The van der Waals surface area contributed by atoms with Crippen molar-refractivity contribution in [2.75, 3.05) is 12.4 Å². The first-order chi connectivity index (χ1) is 14.5. The topological polar surface area (TPSA) is 78.3 Å². The molecule has 2 aromatic carbocycles. The van der Waals surface area contributed by atoms with Crippen molar-refractivity contribution in [2.24, 2.45) is 7.05 Å². The predicted molar refractivity (Wildman–Crippen MR) is 118 cm³/mol. The number of anilines is 1. The van der Waals surface area contributed by atoms with Crippen molar-refractivity contribution in [3.63, 3.8) is 0 Å². The van der Waals surface area contributed by atoms with E-state index in [-0.39, 0.29) is 17.3 Å². The highest BCUT2D eigenvalue weighted by atomic mass is 32.2. The van der Waals surface area contributed by atoms with Gasteiger partial charge in [-0.25, -0.2) is 0 Å². The molecule has 0 aliphatic rings. The Morgan fingerprint density at radius 3 is 2.40 bits per heavy atom. The molecule has 7 nitrogen and oxygen atoms in total. The van der Waals surface area contributed by atoms with Crippen molar-refractivity contribution in [2.45, 2.75) is 36.8 Å². The molecule has 0 aliphatic carbocycles. The third-order valence-electron chi connectivity index (χ3n) is 4.56. The van der Waals surface area contributed by atoms with Crippen LogP contribution in [0.2, 0.25) is 0 Å². The first kappa shape index (κ1) is 21.7. The number of carbonyl (C=O) groups excluding carboxylic acids is 1. The van der Waals surface area contributed by atoms with Crippen LogP contribution in [0.15, 0.2) is 59.8 Å². The number of nitrogens with one attached hydrogen (secondary N) is 1. The summed E-state index contributed by atoms with van der Waals surface area (Å²) in [5.74, 6) is 2.12. The number of rotatable bonds is 9. The van der Waals surface area contributed by atoms with Crippen LogP contribution in [0.1, 0.15) is 32.2 Å². The van der Waals surface area contributed by atoms with Crippen LogP contribution in [0.25, 0.3) is 0 Å². The third kappa shape index (κ3) is 5.33. The molecule has 0 spiro atoms. The lowest BCUT2D eigenvalue weighted by atomic mass is 10.3. The lowest BCUT2D eigenvalue weighted by Crippen LogP contribution is -2.25. The van der Waals surface area contributed by atoms with Crippen LogP contribution in [0.5, 0.6) is 11.5 Å². The van der Waals surface area contributed by atoms with Crippen molar-refractivity contribution in [1.29, 1.82) is 0 Å². The van der Waals surface area contributed by atoms with Crippen LogP contribution >= 0.6 is 11.8 Å². The number of aromatic nitrogens is 3. The quantitative estimate of drug-likeness (QED) is 0.509. The number of amides is 1. The zero-order chi connectivity index (χ0) is 21.5. The molecule has 2 unspecified atom stereocenters. The van der Waals surface area contributed by atoms with Crippen molar-refractivity contribution < 1.29 is 14.3 Å². The fraction of sp³-hybridized carbons (Fsp3) is 0.318. The minimum Gasteiger partial charge on any atom is -0.497 e. The zero-order valence-electron chi connectivity index (χ0n) is 17.5. The number of hydrogen-bond acceptors (Lipinski definition) is 6. The molecule has 8 heteroatoms. The van der Waals surface area contributed by atoms with E-state index in [1.54, 1.807) is 7.11 Å². The van der Waals surface area contributed by atoms with Crippen molar-refractivity contribution in [3.05, 3.63) is 60.4 Å². The molecule has 1 amide bonds. The van der Waals surface area contributed by atoms with Gasteiger partial charge in [-0.3, -0.25) is 4.79 Å². The van der Waals surface area contributed by atoms with Crippen LogP contribution in [0.3, 0.4) is 0 Å². The summed E-state index contributed by atoms with van der Waals surface area (Å²) in [5.41, 5.74) is 0.779. The zero-order valence-corrected chi connectivity index (χ0v) is 18.3. The number of methoxy groups -OCH3 is 1. The Hall–Kier alpha value is -3.00. The molecule has 0 bridgehead atoms. The van der Waals surface area contributed by atoms with Gasteiger partial charge in [-0.2, -0.15) is 0 Å². The highest BCUT2D eigenvalue weighted by Gasteiger charge is 2.23. The van der Waals surface area contributed by atoms with Gasteiger partial charge in [0.25, 0.3) is 0 Å². The van der Waals surface area contributed by atoms with E-state index in [4.69, 9.17) is 9.47 Å². The van der Waals surface area contributed by atoms with Crippen molar-refractivity contribution in [3.8, 4) is 11.5 Å². The van der Waals surface area contributed by atoms with Gasteiger partial charge in [0.15, 0.2) is 17.1 Å². The molecule has 3 aromatic rings. The smallest absolute Gasteiger partial charge is 0.237 e. The first-order valence-electron chi connectivity index (χ1n) is 9.74. The Morgan fingerprint density at radius 2 is 1.77 bits per heavy atom. The number of ether oxygens (including phenoxy) is 2. The number of hydrogen-bond donors (Lipinski definition) is 1. The van der Waals surface area contributed by atoms with Crippen molar-refractivity contribution >= 4 is 23.4 Å². The minimum absolute atomic E-state index is 0.0548. The second kappa shape index (κ2) is 10.2. The highest BCUT2D eigenvalue weighted by molar-refractivity contribution is 8.00. The van der Waals surface area contributed by atoms with E-state index >= 15 is 0 Å². The molecule has 1 aromatic heterocycles. The number of benzene rings is 2. The van der Waals surface area contributed by atoms with Gasteiger partial charge >= 0.3 is 0 Å². The largest absolute Gasteiger partial charge is 0.497 e. The third-order valence-corrected chi connectivity index (χ3v) is 5.95. The Balaban J connectivity index is 1.66. The number of para-hydroxylation sites is 1. The Labute approximate surface area is 180 Å². The van der Waals surface area contributed by atoms with Gasteiger partial charge in [-0.05, 0) is 49.7 Å². The second-order valence-electron chi connectivity index (χ2n) is 6.71. The summed E-state index contributed by atoms with van der Waals surface area (Å²) in [4.78, 5) is 12.7. The molecule has 2 atom stereocenters. The Morgan fingerprint density at radius 1 is 1.10 bits per heavy atom. The van der Waals surface area contributed by atoms with Gasteiger partial charge in [0.1, 0.15) is 11.5 Å². The number of nitrogens with zero attached hydrogens (tertiary/aromatic N) is 3. The summed E-state index contributed by atoms with van der Waals surface area (Å²) in [6.07, 6.45) is 0.368. The van der Waals surface area contributed by atoms with E-state index in [0.717, 1.165) is 11.4 Å². The monoisotopic (exact) mass is 426 g/mol.